The highest BCUT2D eigenvalue weighted by atomic mass is 14.9. The number of nitrogens with one attached hydrogen (secondary N) is 1. The number of hydrogen-bond acceptors (Lipinski definition) is 2. The molecule has 0 radical (unpaired) electrons. The van der Waals surface area contributed by atoms with E-state index in [9.17, 15) is 0 Å². The van der Waals surface area contributed by atoms with Gasteiger partial charge in [0.1, 0.15) is 11.7 Å². The molecule has 2 aromatic rings. The normalized spacial score (nSPS) is 12.3. The summed E-state index contributed by atoms with van der Waals surface area (Å²) in [5.74, 6) is 1.28. The zero-order valence-corrected chi connectivity index (χ0v) is 12.4. The second-order valence-electron chi connectivity index (χ2n) is 5.57. The maximum Gasteiger partial charge on any atom is 0.123 e. The molecule has 0 amide bonds. The summed E-state index contributed by atoms with van der Waals surface area (Å²) in [5.41, 5.74) is 3.45. The minimum Gasteiger partial charge on any atom is -0.341 e. The van der Waals surface area contributed by atoms with Crippen molar-refractivity contribution in [3.63, 3.8) is 0 Å². The Kier molecular flexibility index (Phi) is 4.57. The molecule has 0 spiro atoms. The van der Waals surface area contributed by atoms with Crippen molar-refractivity contribution in [3.05, 3.63) is 41.9 Å². The first-order valence-corrected chi connectivity index (χ1v) is 7.17. The van der Waals surface area contributed by atoms with E-state index in [0.29, 0.717) is 5.92 Å². The molecule has 0 bridgehead atoms. The number of hydrogen-bond donors (Lipinski definition) is 1. The Morgan fingerprint density at radius 3 is 2.50 bits per heavy atom. The maximum absolute atomic E-state index is 9.07. The van der Waals surface area contributed by atoms with Crippen LogP contribution in [0.15, 0.2) is 30.5 Å². The van der Waals surface area contributed by atoms with Crippen LogP contribution in [-0.2, 0) is 6.42 Å². The quantitative estimate of drug-likeness (QED) is 0.878. The van der Waals surface area contributed by atoms with Gasteiger partial charge in [-0.25, -0.2) is 4.98 Å². The van der Waals surface area contributed by atoms with Crippen molar-refractivity contribution in [1.82, 2.24) is 9.97 Å². The SMILES string of the molecule is CCC(C#N)c1ncc(-c2ccc(CC(C)C)cc2)[nH]1. The Morgan fingerprint density at radius 1 is 1.25 bits per heavy atom. The van der Waals surface area contributed by atoms with Gasteiger partial charge in [0.05, 0.1) is 18.0 Å². The molecule has 1 heterocycles. The zero-order valence-electron chi connectivity index (χ0n) is 12.4. The smallest absolute Gasteiger partial charge is 0.123 e. The molecule has 0 saturated heterocycles. The summed E-state index contributed by atoms with van der Waals surface area (Å²) in [6.45, 7) is 6.44. The van der Waals surface area contributed by atoms with Crippen molar-refractivity contribution in [2.45, 2.75) is 39.5 Å². The third-order valence-electron chi connectivity index (χ3n) is 3.40. The van der Waals surface area contributed by atoms with Crippen LogP contribution in [-0.4, -0.2) is 9.97 Å². The van der Waals surface area contributed by atoms with Crippen LogP contribution in [0.4, 0.5) is 0 Å². The van der Waals surface area contributed by atoms with E-state index in [1.165, 1.54) is 5.56 Å². The van der Waals surface area contributed by atoms with E-state index in [1.807, 2.05) is 13.1 Å². The standard InChI is InChI=1S/C17H21N3/c1-4-14(10-18)17-19-11-16(20-17)15-7-5-13(6-8-15)9-12(2)3/h5-8,11-12,14H,4,9H2,1-3H3,(H,19,20). The molecule has 1 aromatic heterocycles. The lowest BCUT2D eigenvalue weighted by Crippen LogP contribution is -1.96. The summed E-state index contributed by atoms with van der Waals surface area (Å²) in [4.78, 5) is 7.59. The molecule has 1 aromatic carbocycles. The molecular formula is C17H21N3. The predicted octanol–water partition coefficient (Wildman–Crippen LogP) is 4.29. The van der Waals surface area contributed by atoms with E-state index in [1.54, 1.807) is 0 Å². The van der Waals surface area contributed by atoms with Gasteiger partial charge in [0.25, 0.3) is 0 Å². The Morgan fingerprint density at radius 2 is 1.95 bits per heavy atom. The summed E-state index contributed by atoms with van der Waals surface area (Å²) in [5, 5.41) is 9.07. The van der Waals surface area contributed by atoms with Crippen LogP contribution >= 0.6 is 0 Å². The van der Waals surface area contributed by atoms with Gasteiger partial charge in [-0.05, 0) is 29.9 Å². The number of aromatic nitrogens is 2. The van der Waals surface area contributed by atoms with Crippen LogP contribution < -0.4 is 0 Å². The van der Waals surface area contributed by atoms with Crippen molar-refractivity contribution in [2.24, 2.45) is 5.92 Å². The van der Waals surface area contributed by atoms with Crippen LogP contribution in [0.25, 0.3) is 11.3 Å². The highest BCUT2D eigenvalue weighted by molar-refractivity contribution is 5.59. The molecule has 1 unspecified atom stereocenters. The monoisotopic (exact) mass is 267 g/mol. The van der Waals surface area contributed by atoms with Gasteiger partial charge in [0.15, 0.2) is 0 Å². The molecule has 0 aliphatic rings. The number of rotatable bonds is 5. The molecule has 0 aliphatic heterocycles. The molecule has 2 rings (SSSR count). The summed E-state index contributed by atoms with van der Waals surface area (Å²) in [6, 6.07) is 10.8. The Hall–Kier alpha value is -2.08. The predicted molar refractivity (Wildman–Crippen MR) is 81.2 cm³/mol. The van der Waals surface area contributed by atoms with Gasteiger partial charge in [0.2, 0.25) is 0 Å². The summed E-state index contributed by atoms with van der Waals surface area (Å²) in [6.07, 6.45) is 3.68. The fourth-order valence-corrected chi connectivity index (χ4v) is 2.30. The third-order valence-corrected chi connectivity index (χ3v) is 3.40. The van der Waals surface area contributed by atoms with Crippen LogP contribution in [0.1, 0.15) is 44.5 Å². The number of aromatic amines is 1. The zero-order chi connectivity index (χ0) is 14.5. The largest absolute Gasteiger partial charge is 0.341 e. The topological polar surface area (TPSA) is 52.5 Å². The molecule has 0 saturated carbocycles. The lowest BCUT2D eigenvalue weighted by molar-refractivity contribution is 0.647. The molecule has 0 fully saturated rings. The van der Waals surface area contributed by atoms with E-state index in [-0.39, 0.29) is 5.92 Å². The second kappa shape index (κ2) is 6.38. The second-order valence-corrected chi connectivity index (χ2v) is 5.57. The third kappa shape index (κ3) is 3.27. The molecule has 20 heavy (non-hydrogen) atoms. The number of imidazole rings is 1. The van der Waals surface area contributed by atoms with Crippen LogP contribution in [0, 0.1) is 17.2 Å². The first-order valence-electron chi connectivity index (χ1n) is 7.17. The van der Waals surface area contributed by atoms with Crippen molar-refractivity contribution in [1.29, 1.82) is 5.26 Å². The fraction of sp³-hybridized carbons (Fsp3) is 0.412. The van der Waals surface area contributed by atoms with Crippen molar-refractivity contribution in [2.75, 3.05) is 0 Å². The van der Waals surface area contributed by atoms with E-state index >= 15 is 0 Å². The van der Waals surface area contributed by atoms with Crippen molar-refractivity contribution >= 4 is 0 Å². The van der Waals surface area contributed by atoms with E-state index in [0.717, 1.165) is 29.9 Å². The lowest BCUT2D eigenvalue weighted by Gasteiger charge is -2.05. The molecule has 1 N–H and O–H groups in total. The number of nitrogens with zero attached hydrogens (tertiary/aromatic N) is 2. The van der Waals surface area contributed by atoms with Gasteiger partial charge in [-0.3, -0.25) is 0 Å². The minimum absolute atomic E-state index is 0.149. The van der Waals surface area contributed by atoms with E-state index < -0.39 is 0 Å². The first-order chi connectivity index (χ1) is 9.63. The molecule has 1 atom stereocenters. The van der Waals surface area contributed by atoms with Gasteiger partial charge in [-0.2, -0.15) is 5.26 Å². The van der Waals surface area contributed by atoms with E-state index in [4.69, 9.17) is 5.26 Å². The average molecular weight is 267 g/mol. The van der Waals surface area contributed by atoms with Crippen molar-refractivity contribution < 1.29 is 0 Å². The molecule has 3 nitrogen and oxygen atoms in total. The minimum atomic E-state index is -0.149. The molecule has 104 valence electrons. The highest BCUT2D eigenvalue weighted by Crippen LogP contribution is 2.22. The van der Waals surface area contributed by atoms with Crippen LogP contribution in [0.5, 0.6) is 0 Å². The molecule has 3 heteroatoms. The van der Waals surface area contributed by atoms with Gasteiger partial charge in [0, 0.05) is 0 Å². The Balaban J connectivity index is 2.18. The summed E-state index contributed by atoms with van der Waals surface area (Å²) >= 11 is 0. The Labute approximate surface area is 120 Å². The van der Waals surface area contributed by atoms with Crippen molar-refractivity contribution in [3.8, 4) is 17.3 Å². The maximum atomic E-state index is 9.07. The van der Waals surface area contributed by atoms with Gasteiger partial charge in [-0.15, -0.1) is 0 Å². The van der Waals surface area contributed by atoms with Gasteiger partial charge < -0.3 is 4.98 Å². The van der Waals surface area contributed by atoms with E-state index in [2.05, 4.69) is 54.2 Å². The van der Waals surface area contributed by atoms with Gasteiger partial charge >= 0.3 is 0 Å². The first kappa shape index (κ1) is 14.3. The van der Waals surface area contributed by atoms with Crippen LogP contribution in [0.3, 0.4) is 0 Å². The Bertz CT molecular complexity index is 587. The number of H-pyrrole nitrogens is 1. The fourth-order valence-electron chi connectivity index (χ4n) is 2.30. The summed E-state index contributed by atoms with van der Waals surface area (Å²) in [7, 11) is 0. The molecular weight excluding hydrogens is 246 g/mol. The lowest BCUT2D eigenvalue weighted by atomic mass is 10.0. The highest BCUT2D eigenvalue weighted by Gasteiger charge is 2.12. The summed E-state index contributed by atoms with van der Waals surface area (Å²) < 4.78 is 0. The van der Waals surface area contributed by atoms with Gasteiger partial charge in [-0.1, -0.05) is 45.0 Å². The number of nitriles is 1. The van der Waals surface area contributed by atoms with Crippen LogP contribution in [0.2, 0.25) is 0 Å². The average Bonchev–Trinajstić information content (AvgIpc) is 2.90. The number of benzene rings is 1. The molecule has 0 aliphatic carbocycles.